The summed E-state index contributed by atoms with van der Waals surface area (Å²) < 4.78 is 38.4. The number of nitrogens with zero attached hydrogens (tertiary/aromatic N) is 3. The van der Waals surface area contributed by atoms with Crippen molar-refractivity contribution in [2.45, 2.75) is 49.8 Å². The molecule has 3 unspecified atom stereocenters. The highest BCUT2D eigenvalue weighted by Gasteiger charge is 2.55. The van der Waals surface area contributed by atoms with Gasteiger partial charge in [-0.3, -0.25) is 14.4 Å². The average molecular weight is 545 g/mol. The highest BCUT2D eigenvalue weighted by molar-refractivity contribution is 7.89. The standard InChI is InChI=1S/C25H28N4O8S/c1-15(2)11-17(26-24(31)16-6-7-20-21(12-16)37-14-36-20)25(32)27-10-8-18-23(27)19(30)13-29(18)38(34,35)22-5-3-4-9-28(22)33/h3-7,9,12,15,17-18,23H,8,10-11,13-14H2,1-2H3,(H,26,31). The Hall–Kier alpha value is -3.71. The zero-order valence-electron chi connectivity index (χ0n) is 20.9. The van der Waals surface area contributed by atoms with Crippen molar-refractivity contribution in [3.8, 4) is 11.5 Å². The quantitative estimate of drug-likeness (QED) is 0.390. The number of nitrogens with one attached hydrogen (secondary N) is 1. The van der Waals surface area contributed by atoms with Gasteiger partial charge >= 0.3 is 15.0 Å². The van der Waals surface area contributed by atoms with Crippen LogP contribution in [-0.2, 0) is 19.6 Å². The van der Waals surface area contributed by atoms with Crippen LogP contribution in [0.4, 0.5) is 0 Å². The molecule has 2 fully saturated rings. The number of benzene rings is 1. The predicted molar refractivity (Wildman–Crippen MR) is 131 cm³/mol. The van der Waals surface area contributed by atoms with Crippen LogP contribution in [-0.4, -0.2) is 73.2 Å². The van der Waals surface area contributed by atoms with E-state index < -0.39 is 57.3 Å². The summed E-state index contributed by atoms with van der Waals surface area (Å²) in [6.45, 7) is 3.59. The average Bonchev–Trinajstić information content (AvgIpc) is 3.59. The first-order chi connectivity index (χ1) is 18.1. The van der Waals surface area contributed by atoms with Crippen LogP contribution >= 0.6 is 0 Å². The topological polar surface area (TPSA) is 149 Å². The van der Waals surface area contributed by atoms with Crippen LogP contribution in [0.25, 0.3) is 0 Å². The van der Waals surface area contributed by atoms with Gasteiger partial charge in [-0.05, 0) is 43.0 Å². The Morgan fingerprint density at radius 2 is 1.95 bits per heavy atom. The number of aromatic nitrogens is 1. The van der Waals surface area contributed by atoms with Gasteiger partial charge in [-0.15, -0.1) is 0 Å². The number of fused-ring (bicyclic) bond motifs is 2. The van der Waals surface area contributed by atoms with E-state index in [0.29, 0.717) is 17.9 Å². The second kappa shape index (κ2) is 9.87. The molecule has 0 aliphatic carbocycles. The first-order valence-electron chi connectivity index (χ1n) is 12.3. The van der Waals surface area contributed by atoms with Gasteiger partial charge in [-0.2, -0.15) is 9.04 Å². The smallest absolute Gasteiger partial charge is 0.323 e. The fourth-order valence-electron chi connectivity index (χ4n) is 5.25. The SMILES string of the molecule is CC(C)CC(NC(=O)c1ccc2c(c1)OCO2)C(=O)N1CCC2C1C(=O)CN2S(=O)(=O)c1cccc[n+]1[O-]. The zero-order valence-corrected chi connectivity index (χ0v) is 21.7. The van der Waals surface area contributed by atoms with Gasteiger partial charge in [0.25, 0.3) is 5.91 Å². The normalized spacial score (nSPS) is 21.6. The van der Waals surface area contributed by atoms with Gasteiger partial charge in [-0.1, -0.05) is 13.8 Å². The lowest BCUT2D eigenvalue weighted by Gasteiger charge is -2.29. The summed E-state index contributed by atoms with van der Waals surface area (Å²) in [4.78, 5) is 41.2. The number of hydrogen-bond acceptors (Lipinski definition) is 8. The second-order valence-electron chi connectivity index (χ2n) is 9.94. The van der Waals surface area contributed by atoms with Gasteiger partial charge in [0, 0.05) is 24.2 Å². The van der Waals surface area contributed by atoms with Crippen molar-refractivity contribution >= 4 is 27.6 Å². The van der Waals surface area contributed by atoms with Gasteiger partial charge in [0.2, 0.25) is 12.7 Å². The van der Waals surface area contributed by atoms with Crippen molar-refractivity contribution < 1.29 is 37.0 Å². The van der Waals surface area contributed by atoms with E-state index in [-0.39, 0.29) is 36.0 Å². The number of sulfonamides is 1. The molecular formula is C25H28N4O8S. The summed E-state index contributed by atoms with van der Waals surface area (Å²) >= 11 is 0. The lowest BCUT2D eigenvalue weighted by atomic mass is 10.0. The van der Waals surface area contributed by atoms with Crippen LogP contribution in [0.5, 0.6) is 11.5 Å². The van der Waals surface area contributed by atoms with E-state index in [1.807, 2.05) is 13.8 Å². The summed E-state index contributed by atoms with van der Waals surface area (Å²) in [5.41, 5.74) is 0.290. The maximum absolute atomic E-state index is 13.7. The van der Waals surface area contributed by atoms with Gasteiger partial charge in [0.1, 0.15) is 12.1 Å². The highest BCUT2D eigenvalue weighted by atomic mass is 32.2. The van der Waals surface area contributed by atoms with Crippen LogP contribution in [0.2, 0.25) is 0 Å². The van der Waals surface area contributed by atoms with Crippen LogP contribution in [0.15, 0.2) is 47.6 Å². The van der Waals surface area contributed by atoms with E-state index in [4.69, 9.17) is 9.47 Å². The molecular weight excluding hydrogens is 516 g/mol. The summed E-state index contributed by atoms with van der Waals surface area (Å²) in [5.74, 6) is -0.362. The number of carbonyl (C=O) groups is 3. The molecule has 4 heterocycles. The van der Waals surface area contributed by atoms with E-state index in [1.54, 1.807) is 12.1 Å². The van der Waals surface area contributed by atoms with Crippen LogP contribution in [0.1, 0.15) is 37.0 Å². The summed E-state index contributed by atoms with van der Waals surface area (Å²) in [7, 11) is -4.27. The number of ketones is 1. The summed E-state index contributed by atoms with van der Waals surface area (Å²) in [5, 5.41) is 14.5. The number of carbonyl (C=O) groups excluding carboxylic acids is 3. The fourth-order valence-corrected chi connectivity index (χ4v) is 6.90. The van der Waals surface area contributed by atoms with Crippen molar-refractivity contribution in [2.75, 3.05) is 19.9 Å². The van der Waals surface area contributed by atoms with Gasteiger partial charge in [0.15, 0.2) is 23.5 Å². The Labute approximate surface area is 219 Å². The Kier molecular flexibility index (Phi) is 6.73. The monoisotopic (exact) mass is 544 g/mol. The molecule has 0 radical (unpaired) electrons. The molecule has 0 saturated carbocycles. The van der Waals surface area contributed by atoms with E-state index in [2.05, 4.69) is 5.32 Å². The van der Waals surface area contributed by atoms with E-state index in [0.717, 1.165) is 10.5 Å². The van der Waals surface area contributed by atoms with E-state index in [1.165, 1.54) is 29.2 Å². The molecule has 2 saturated heterocycles. The second-order valence-corrected chi connectivity index (χ2v) is 11.8. The summed E-state index contributed by atoms with van der Waals surface area (Å²) in [6, 6.07) is 6.04. The molecule has 3 aliphatic rings. The lowest BCUT2D eigenvalue weighted by Crippen LogP contribution is -2.53. The molecule has 12 nitrogen and oxygen atoms in total. The van der Waals surface area contributed by atoms with Crippen LogP contribution < -0.4 is 19.5 Å². The minimum absolute atomic E-state index is 0.0427. The van der Waals surface area contributed by atoms with Crippen molar-refractivity contribution in [1.29, 1.82) is 0 Å². The molecule has 5 rings (SSSR count). The molecule has 1 aromatic carbocycles. The minimum Gasteiger partial charge on any atom is -0.618 e. The van der Waals surface area contributed by atoms with Crippen molar-refractivity contribution in [2.24, 2.45) is 5.92 Å². The summed E-state index contributed by atoms with van der Waals surface area (Å²) in [6.07, 6.45) is 1.63. The number of ether oxygens (including phenoxy) is 2. The first-order valence-corrected chi connectivity index (χ1v) is 13.8. The minimum atomic E-state index is -4.27. The molecule has 2 amide bonds. The third-order valence-corrected chi connectivity index (χ3v) is 8.83. The Bertz CT molecular complexity index is 1400. The van der Waals surface area contributed by atoms with Gasteiger partial charge < -0.3 is 24.9 Å². The van der Waals surface area contributed by atoms with Crippen molar-refractivity contribution in [3.63, 3.8) is 0 Å². The van der Waals surface area contributed by atoms with Gasteiger partial charge in [0.05, 0.1) is 12.6 Å². The van der Waals surface area contributed by atoms with Crippen LogP contribution in [0.3, 0.4) is 0 Å². The maximum Gasteiger partial charge on any atom is 0.323 e. The van der Waals surface area contributed by atoms with Crippen molar-refractivity contribution in [3.05, 3.63) is 53.4 Å². The Morgan fingerprint density at radius 1 is 1.18 bits per heavy atom. The van der Waals surface area contributed by atoms with Gasteiger partial charge in [-0.25, -0.2) is 8.42 Å². The molecule has 1 N–H and O–H groups in total. The number of pyridine rings is 1. The molecule has 3 aliphatic heterocycles. The number of Topliss-reactive ketones (excluding diaryl/α,β-unsaturated/α-hetero) is 1. The van der Waals surface area contributed by atoms with Crippen LogP contribution in [0, 0.1) is 11.1 Å². The number of likely N-dealkylation sites (tertiary alicyclic amines) is 1. The highest BCUT2D eigenvalue weighted by Crippen LogP contribution is 2.35. The third-order valence-electron chi connectivity index (χ3n) is 6.97. The van der Waals surface area contributed by atoms with Crippen molar-refractivity contribution in [1.82, 2.24) is 14.5 Å². The molecule has 1 aromatic heterocycles. The van der Waals surface area contributed by atoms with E-state index in [9.17, 15) is 28.0 Å². The number of hydrogen-bond donors (Lipinski definition) is 1. The Morgan fingerprint density at radius 3 is 2.68 bits per heavy atom. The first kappa shape index (κ1) is 25.9. The fraction of sp³-hybridized carbons (Fsp3) is 0.440. The largest absolute Gasteiger partial charge is 0.618 e. The Balaban J connectivity index is 1.36. The lowest BCUT2D eigenvalue weighted by molar-refractivity contribution is -0.646. The molecule has 0 bridgehead atoms. The third kappa shape index (κ3) is 4.56. The zero-order chi connectivity index (χ0) is 27.2. The molecule has 13 heteroatoms. The van der Waals surface area contributed by atoms with E-state index >= 15 is 0 Å². The molecule has 0 spiro atoms. The molecule has 2 aromatic rings. The number of rotatable bonds is 7. The maximum atomic E-state index is 13.7. The predicted octanol–water partition coefficient (Wildman–Crippen LogP) is 0.436. The number of amides is 2. The molecule has 38 heavy (non-hydrogen) atoms. The molecule has 3 atom stereocenters. The molecule has 202 valence electrons.